The SMILES string of the molecule is C=C1CCCCCCCCC/C=C\1Br. The Morgan fingerprint density at radius 3 is 2.21 bits per heavy atom. The van der Waals surface area contributed by atoms with Crippen molar-refractivity contribution in [2.24, 2.45) is 0 Å². The van der Waals surface area contributed by atoms with Gasteiger partial charge in [0, 0.05) is 4.48 Å². The highest BCUT2D eigenvalue weighted by Gasteiger charge is 2.00. The number of hydrogen-bond donors (Lipinski definition) is 0. The second kappa shape index (κ2) is 7.28. The first kappa shape index (κ1) is 12.0. The highest BCUT2D eigenvalue weighted by atomic mass is 79.9. The van der Waals surface area contributed by atoms with Crippen molar-refractivity contribution < 1.29 is 0 Å². The molecule has 1 heteroatoms. The third-order valence-corrected chi connectivity index (χ3v) is 3.73. The highest BCUT2D eigenvalue weighted by molar-refractivity contribution is 9.12. The van der Waals surface area contributed by atoms with E-state index in [1.165, 1.54) is 61.4 Å². The fraction of sp³-hybridized carbons (Fsp3) is 0.692. The van der Waals surface area contributed by atoms with Crippen LogP contribution in [0.1, 0.15) is 57.8 Å². The van der Waals surface area contributed by atoms with Crippen LogP contribution >= 0.6 is 15.9 Å². The molecule has 0 saturated heterocycles. The molecule has 1 aliphatic rings. The van der Waals surface area contributed by atoms with Crippen LogP contribution in [0, 0.1) is 0 Å². The van der Waals surface area contributed by atoms with Gasteiger partial charge in [-0.3, -0.25) is 0 Å². The Labute approximate surface area is 96.6 Å². The molecule has 0 nitrogen and oxygen atoms in total. The molecule has 0 atom stereocenters. The van der Waals surface area contributed by atoms with Gasteiger partial charge in [0.2, 0.25) is 0 Å². The topological polar surface area (TPSA) is 0 Å². The standard InChI is InChI=1S/C13H21Br/c1-12-10-8-6-4-2-3-5-7-9-11-13(12)14/h11H,1-10H2/b13-11+. The Morgan fingerprint density at radius 1 is 0.929 bits per heavy atom. The van der Waals surface area contributed by atoms with E-state index in [0.717, 1.165) is 6.42 Å². The zero-order chi connectivity index (χ0) is 10.2. The van der Waals surface area contributed by atoms with Crippen molar-refractivity contribution in [1.29, 1.82) is 0 Å². The van der Waals surface area contributed by atoms with Crippen molar-refractivity contribution >= 4 is 15.9 Å². The Balaban J connectivity index is 2.40. The summed E-state index contributed by atoms with van der Waals surface area (Å²) in [4.78, 5) is 0. The molecule has 1 aliphatic carbocycles. The lowest BCUT2D eigenvalue weighted by Crippen LogP contribution is -1.87. The number of hydrogen-bond acceptors (Lipinski definition) is 0. The van der Waals surface area contributed by atoms with Gasteiger partial charge in [0.15, 0.2) is 0 Å². The molecule has 0 N–H and O–H groups in total. The zero-order valence-corrected chi connectivity index (χ0v) is 10.6. The van der Waals surface area contributed by atoms with Crippen molar-refractivity contribution in [2.45, 2.75) is 57.8 Å². The largest absolute Gasteiger partial charge is 0.0947 e. The van der Waals surface area contributed by atoms with Gasteiger partial charge in [0.05, 0.1) is 0 Å². The molecule has 14 heavy (non-hydrogen) atoms. The predicted octanol–water partition coefficient (Wildman–Crippen LogP) is 5.35. The van der Waals surface area contributed by atoms with Crippen LogP contribution < -0.4 is 0 Å². The van der Waals surface area contributed by atoms with Crippen LogP contribution in [0.15, 0.2) is 22.7 Å². The van der Waals surface area contributed by atoms with Gasteiger partial charge >= 0.3 is 0 Å². The summed E-state index contributed by atoms with van der Waals surface area (Å²) in [6, 6.07) is 0. The van der Waals surface area contributed by atoms with Crippen molar-refractivity contribution in [3.05, 3.63) is 22.7 Å². The molecular formula is C13H21Br. The van der Waals surface area contributed by atoms with Gasteiger partial charge in [-0.05, 0) is 31.3 Å². The fourth-order valence-corrected chi connectivity index (χ4v) is 2.29. The first-order valence-electron chi connectivity index (χ1n) is 5.84. The number of halogens is 1. The Kier molecular flexibility index (Phi) is 6.25. The highest BCUT2D eigenvalue weighted by Crippen LogP contribution is 2.23. The average molecular weight is 257 g/mol. The minimum Gasteiger partial charge on any atom is -0.0947 e. The van der Waals surface area contributed by atoms with Gasteiger partial charge in [-0.25, -0.2) is 0 Å². The maximum absolute atomic E-state index is 4.11. The number of allylic oxidation sites excluding steroid dienone is 3. The number of rotatable bonds is 0. The lowest BCUT2D eigenvalue weighted by molar-refractivity contribution is 0.579. The van der Waals surface area contributed by atoms with Gasteiger partial charge < -0.3 is 0 Å². The maximum atomic E-state index is 4.11. The van der Waals surface area contributed by atoms with Crippen LogP contribution in [0.5, 0.6) is 0 Å². The van der Waals surface area contributed by atoms with E-state index >= 15 is 0 Å². The van der Waals surface area contributed by atoms with E-state index in [1.807, 2.05) is 0 Å². The monoisotopic (exact) mass is 256 g/mol. The van der Waals surface area contributed by atoms with E-state index in [-0.39, 0.29) is 0 Å². The van der Waals surface area contributed by atoms with Crippen molar-refractivity contribution in [3.63, 3.8) is 0 Å². The summed E-state index contributed by atoms with van der Waals surface area (Å²) in [5.74, 6) is 0. The minimum absolute atomic E-state index is 1.16. The summed E-state index contributed by atoms with van der Waals surface area (Å²) >= 11 is 3.61. The van der Waals surface area contributed by atoms with Crippen LogP contribution in [0.25, 0.3) is 0 Å². The molecule has 0 radical (unpaired) electrons. The van der Waals surface area contributed by atoms with Crippen LogP contribution in [-0.4, -0.2) is 0 Å². The predicted molar refractivity (Wildman–Crippen MR) is 67.7 cm³/mol. The van der Waals surface area contributed by atoms with Crippen LogP contribution in [0.4, 0.5) is 0 Å². The first-order chi connectivity index (χ1) is 6.80. The van der Waals surface area contributed by atoms with Gasteiger partial charge in [-0.1, -0.05) is 60.7 Å². The summed E-state index contributed by atoms with van der Waals surface area (Å²) in [6.07, 6.45) is 14.3. The van der Waals surface area contributed by atoms with Crippen LogP contribution in [-0.2, 0) is 0 Å². The van der Waals surface area contributed by atoms with Crippen molar-refractivity contribution in [3.8, 4) is 0 Å². The van der Waals surface area contributed by atoms with E-state index in [0.29, 0.717) is 0 Å². The normalized spacial score (nSPS) is 25.8. The maximum Gasteiger partial charge on any atom is 0.0161 e. The quantitative estimate of drug-likeness (QED) is 0.549. The summed E-state index contributed by atoms with van der Waals surface area (Å²) in [5, 5.41) is 0. The fourth-order valence-electron chi connectivity index (χ4n) is 1.86. The van der Waals surface area contributed by atoms with Crippen molar-refractivity contribution in [2.75, 3.05) is 0 Å². The molecule has 0 spiro atoms. The molecular weight excluding hydrogens is 236 g/mol. The van der Waals surface area contributed by atoms with E-state index in [2.05, 4.69) is 28.6 Å². The van der Waals surface area contributed by atoms with E-state index < -0.39 is 0 Å². The molecule has 0 aromatic rings. The summed E-state index contributed by atoms with van der Waals surface area (Å²) in [5.41, 5.74) is 1.28. The van der Waals surface area contributed by atoms with E-state index in [1.54, 1.807) is 0 Å². The van der Waals surface area contributed by atoms with Crippen LogP contribution in [0.3, 0.4) is 0 Å². The first-order valence-corrected chi connectivity index (χ1v) is 6.64. The molecule has 0 amide bonds. The minimum atomic E-state index is 1.16. The molecule has 0 saturated carbocycles. The molecule has 0 bridgehead atoms. The summed E-state index contributed by atoms with van der Waals surface area (Å²) < 4.78 is 1.25. The molecule has 1 rings (SSSR count). The van der Waals surface area contributed by atoms with Gasteiger partial charge in [0.1, 0.15) is 0 Å². The lowest BCUT2D eigenvalue weighted by Gasteiger charge is -2.07. The smallest absolute Gasteiger partial charge is 0.0161 e. The second-order valence-corrected chi connectivity index (χ2v) is 5.02. The Bertz CT molecular complexity index is 203. The second-order valence-electron chi connectivity index (χ2n) is 4.17. The van der Waals surface area contributed by atoms with E-state index in [9.17, 15) is 0 Å². The Morgan fingerprint density at radius 2 is 1.50 bits per heavy atom. The summed E-state index contributed by atoms with van der Waals surface area (Å²) in [7, 11) is 0. The molecule has 0 aliphatic heterocycles. The molecule has 80 valence electrons. The van der Waals surface area contributed by atoms with Crippen molar-refractivity contribution in [1.82, 2.24) is 0 Å². The zero-order valence-electron chi connectivity index (χ0n) is 9.03. The average Bonchev–Trinajstić information content (AvgIpc) is 2.18. The molecule has 0 aromatic heterocycles. The molecule has 0 aromatic carbocycles. The van der Waals surface area contributed by atoms with Gasteiger partial charge in [-0.2, -0.15) is 0 Å². The van der Waals surface area contributed by atoms with Crippen LogP contribution in [0.2, 0.25) is 0 Å². The molecule has 0 heterocycles. The molecule has 0 fully saturated rings. The van der Waals surface area contributed by atoms with Gasteiger partial charge in [0.25, 0.3) is 0 Å². The lowest BCUT2D eigenvalue weighted by atomic mass is 10.0. The van der Waals surface area contributed by atoms with E-state index in [4.69, 9.17) is 0 Å². The summed E-state index contributed by atoms with van der Waals surface area (Å²) in [6.45, 7) is 4.11. The Hall–Kier alpha value is -0.0400. The molecule has 0 unspecified atom stereocenters. The van der Waals surface area contributed by atoms with Gasteiger partial charge in [-0.15, -0.1) is 0 Å². The third-order valence-electron chi connectivity index (χ3n) is 2.84. The third kappa shape index (κ3) is 4.99.